The van der Waals surface area contributed by atoms with Gasteiger partial charge >= 0.3 is 0 Å². The summed E-state index contributed by atoms with van der Waals surface area (Å²) in [6.45, 7) is 2.11. The first-order chi connectivity index (χ1) is 8.08. The lowest BCUT2D eigenvalue weighted by atomic mass is 10.0. The Bertz CT molecular complexity index is 478. The Kier molecular flexibility index (Phi) is 3.64. The summed E-state index contributed by atoms with van der Waals surface area (Å²) in [6, 6.07) is 6.29. The van der Waals surface area contributed by atoms with E-state index in [1.165, 1.54) is 11.1 Å². The van der Waals surface area contributed by atoms with Crippen LogP contribution in [-0.2, 0) is 0 Å². The molecule has 0 aromatic heterocycles. The number of nitrogens with one attached hydrogen (secondary N) is 1. The Morgan fingerprint density at radius 3 is 2.76 bits per heavy atom. The van der Waals surface area contributed by atoms with Crippen LogP contribution in [-0.4, -0.2) is 31.5 Å². The minimum absolute atomic E-state index is 0.106. The van der Waals surface area contributed by atoms with Crippen LogP contribution < -0.4 is 5.32 Å². The highest BCUT2D eigenvalue weighted by Crippen LogP contribution is 2.22. The molecule has 0 spiro atoms. The van der Waals surface area contributed by atoms with E-state index in [0.29, 0.717) is 0 Å². The lowest BCUT2D eigenvalue weighted by molar-refractivity contribution is 0.352. The molecular weight excluding hydrogens is 278 g/mol. The monoisotopic (exact) mass is 293 g/mol. The van der Waals surface area contributed by atoms with E-state index in [-0.39, 0.29) is 6.17 Å². The second-order valence-corrected chi connectivity index (χ2v) is 5.25. The Hall–Kier alpha value is -1.13. The van der Waals surface area contributed by atoms with Crippen molar-refractivity contribution < 1.29 is 0 Å². The average molecular weight is 294 g/mol. The zero-order chi connectivity index (χ0) is 12.4. The summed E-state index contributed by atoms with van der Waals surface area (Å²) in [4.78, 5) is 6.43. The van der Waals surface area contributed by atoms with Gasteiger partial charge in [-0.25, -0.2) is 0 Å². The van der Waals surface area contributed by atoms with Crippen molar-refractivity contribution in [2.45, 2.75) is 13.1 Å². The highest BCUT2D eigenvalue weighted by Gasteiger charge is 2.13. The van der Waals surface area contributed by atoms with Crippen molar-refractivity contribution in [3.63, 3.8) is 0 Å². The second kappa shape index (κ2) is 5.02. The van der Waals surface area contributed by atoms with Gasteiger partial charge in [-0.1, -0.05) is 22.0 Å². The molecule has 0 fully saturated rings. The van der Waals surface area contributed by atoms with E-state index in [9.17, 15) is 0 Å². The summed E-state index contributed by atoms with van der Waals surface area (Å²) >= 11 is 3.48. The van der Waals surface area contributed by atoms with Crippen molar-refractivity contribution in [1.82, 2.24) is 10.2 Å². The molecule has 1 aliphatic rings. The molecule has 1 aromatic carbocycles. The van der Waals surface area contributed by atoms with E-state index in [1.807, 2.05) is 14.1 Å². The number of nitrogens with zero attached hydrogens (tertiary/aromatic N) is 2. The zero-order valence-corrected chi connectivity index (χ0v) is 11.8. The zero-order valence-electron chi connectivity index (χ0n) is 10.2. The highest BCUT2D eigenvalue weighted by molar-refractivity contribution is 9.10. The molecule has 90 valence electrons. The van der Waals surface area contributed by atoms with Crippen LogP contribution in [0.1, 0.15) is 11.1 Å². The lowest BCUT2D eigenvalue weighted by Gasteiger charge is -2.23. The number of likely N-dealkylation sites (N-methyl/N-ethyl adjacent to an activating group) is 1. The quantitative estimate of drug-likeness (QED) is 0.908. The number of hydrogen-bond donors (Lipinski definition) is 1. The summed E-state index contributed by atoms with van der Waals surface area (Å²) in [6.07, 6.45) is 4.01. The van der Waals surface area contributed by atoms with Crippen LogP contribution in [0.2, 0.25) is 0 Å². The maximum absolute atomic E-state index is 4.36. The van der Waals surface area contributed by atoms with Crippen LogP contribution in [0.15, 0.2) is 33.7 Å². The summed E-state index contributed by atoms with van der Waals surface area (Å²) in [5.74, 6) is 0. The van der Waals surface area contributed by atoms with Crippen molar-refractivity contribution in [2.24, 2.45) is 4.99 Å². The van der Waals surface area contributed by atoms with Crippen molar-refractivity contribution in [1.29, 1.82) is 0 Å². The molecule has 1 aliphatic heterocycles. The third-order valence-corrected chi connectivity index (χ3v) is 3.26. The molecule has 0 saturated carbocycles. The highest BCUT2D eigenvalue weighted by atomic mass is 79.9. The maximum atomic E-state index is 4.36. The summed E-state index contributed by atoms with van der Waals surface area (Å²) in [5, 5.41) is 3.21. The molecule has 1 aromatic rings. The number of halogens is 1. The van der Waals surface area contributed by atoms with Crippen LogP contribution in [0.4, 0.5) is 0 Å². The Morgan fingerprint density at radius 2 is 2.12 bits per heavy atom. The summed E-state index contributed by atoms with van der Waals surface area (Å²) in [5.41, 5.74) is 3.57. The minimum Gasteiger partial charge on any atom is -0.346 e. The Labute approximate surface area is 110 Å². The van der Waals surface area contributed by atoms with Gasteiger partial charge in [-0.3, -0.25) is 9.89 Å². The standard InChI is InChI=1S/C13H16BrN3/c1-9-6-10(14)4-5-11(9)12-7-13(17(2)3)16-8-15-12/h4-8,13H,1-3H3,(H,15,16). The van der Waals surface area contributed by atoms with Crippen LogP contribution in [0.3, 0.4) is 0 Å². The van der Waals surface area contributed by atoms with Crippen molar-refractivity contribution >= 4 is 28.0 Å². The Balaban J connectivity index is 2.34. The van der Waals surface area contributed by atoms with Crippen LogP contribution in [0.25, 0.3) is 5.70 Å². The second-order valence-electron chi connectivity index (χ2n) is 4.34. The molecule has 4 heteroatoms. The molecule has 0 amide bonds. The Morgan fingerprint density at radius 1 is 1.35 bits per heavy atom. The van der Waals surface area contributed by atoms with Gasteiger partial charge in [0, 0.05) is 15.7 Å². The number of benzene rings is 1. The third-order valence-electron chi connectivity index (χ3n) is 2.77. The molecule has 1 atom stereocenters. The molecule has 1 heterocycles. The number of aryl methyl sites for hydroxylation is 1. The molecule has 1 N–H and O–H groups in total. The van der Waals surface area contributed by atoms with Crippen molar-refractivity contribution in [3.8, 4) is 0 Å². The van der Waals surface area contributed by atoms with E-state index in [2.05, 4.69) is 62.3 Å². The predicted molar refractivity (Wildman–Crippen MR) is 76.0 cm³/mol. The molecular formula is C13H16BrN3. The molecule has 0 radical (unpaired) electrons. The first-order valence-corrected chi connectivity index (χ1v) is 6.30. The van der Waals surface area contributed by atoms with E-state index in [0.717, 1.165) is 10.2 Å². The van der Waals surface area contributed by atoms with Gasteiger partial charge in [0.25, 0.3) is 0 Å². The van der Waals surface area contributed by atoms with E-state index >= 15 is 0 Å². The van der Waals surface area contributed by atoms with Gasteiger partial charge in [-0.2, -0.15) is 0 Å². The average Bonchev–Trinajstić information content (AvgIpc) is 2.29. The van der Waals surface area contributed by atoms with Gasteiger partial charge in [-0.05, 0) is 44.8 Å². The van der Waals surface area contributed by atoms with E-state index < -0.39 is 0 Å². The summed E-state index contributed by atoms with van der Waals surface area (Å²) < 4.78 is 1.10. The molecule has 0 bridgehead atoms. The van der Waals surface area contributed by atoms with Crippen LogP contribution in [0.5, 0.6) is 0 Å². The summed E-state index contributed by atoms with van der Waals surface area (Å²) in [7, 11) is 4.05. The number of hydrogen-bond acceptors (Lipinski definition) is 3. The molecule has 2 rings (SSSR count). The fourth-order valence-electron chi connectivity index (χ4n) is 1.80. The maximum Gasteiger partial charge on any atom is 0.124 e. The van der Waals surface area contributed by atoms with Crippen molar-refractivity contribution in [2.75, 3.05) is 14.1 Å². The molecule has 3 nitrogen and oxygen atoms in total. The van der Waals surface area contributed by atoms with Gasteiger partial charge in [0.2, 0.25) is 0 Å². The van der Waals surface area contributed by atoms with Crippen LogP contribution >= 0.6 is 15.9 Å². The predicted octanol–water partition coefficient (Wildman–Crippen LogP) is 2.62. The molecule has 0 saturated heterocycles. The van der Waals surface area contributed by atoms with Gasteiger partial charge in [0.1, 0.15) is 6.17 Å². The number of rotatable bonds is 2. The first kappa shape index (κ1) is 12.3. The van der Waals surface area contributed by atoms with Crippen LogP contribution in [0, 0.1) is 6.92 Å². The topological polar surface area (TPSA) is 27.6 Å². The molecule has 0 aliphatic carbocycles. The smallest absolute Gasteiger partial charge is 0.124 e. The van der Waals surface area contributed by atoms with Crippen molar-refractivity contribution in [3.05, 3.63) is 39.9 Å². The fraction of sp³-hybridized carbons (Fsp3) is 0.308. The largest absolute Gasteiger partial charge is 0.346 e. The van der Waals surface area contributed by atoms with E-state index in [4.69, 9.17) is 0 Å². The van der Waals surface area contributed by atoms with Gasteiger partial charge in [0.05, 0.1) is 6.34 Å². The molecule has 17 heavy (non-hydrogen) atoms. The van der Waals surface area contributed by atoms with E-state index in [1.54, 1.807) is 6.34 Å². The SMILES string of the molecule is Cc1cc(Br)ccc1C1=CC(N(C)C)N=CN1. The van der Waals surface area contributed by atoms with Gasteiger partial charge in [0.15, 0.2) is 0 Å². The first-order valence-electron chi connectivity index (χ1n) is 5.51. The van der Waals surface area contributed by atoms with Gasteiger partial charge in [-0.15, -0.1) is 0 Å². The fourth-order valence-corrected chi connectivity index (χ4v) is 2.28. The van der Waals surface area contributed by atoms with Gasteiger partial charge < -0.3 is 5.32 Å². The minimum atomic E-state index is 0.106. The normalized spacial score (nSPS) is 19.1. The molecule has 1 unspecified atom stereocenters. The number of aliphatic imine (C=N–C) groups is 1. The lowest BCUT2D eigenvalue weighted by Crippen LogP contribution is -2.30. The third kappa shape index (κ3) is 2.76.